The Hall–Kier alpha value is -2.14. The van der Waals surface area contributed by atoms with E-state index in [9.17, 15) is 4.79 Å². The number of rotatable bonds is 3. The second-order valence-corrected chi connectivity index (χ2v) is 7.32. The summed E-state index contributed by atoms with van der Waals surface area (Å²) in [6, 6.07) is 7.85. The fourth-order valence-electron chi connectivity index (χ4n) is 3.99. The molecule has 1 amide bonds. The molecule has 1 aromatic heterocycles. The van der Waals surface area contributed by atoms with Crippen LogP contribution < -0.4 is 0 Å². The number of hydrogen-bond donors (Lipinski definition) is 0. The molecule has 1 aromatic carbocycles. The zero-order valence-electron chi connectivity index (χ0n) is 15.2. The molecule has 0 bridgehead atoms. The Labute approximate surface area is 149 Å². The van der Waals surface area contributed by atoms with Gasteiger partial charge in [0.15, 0.2) is 0 Å². The van der Waals surface area contributed by atoms with Crippen LogP contribution in [0.2, 0.25) is 0 Å². The molecule has 5 nitrogen and oxygen atoms in total. The van der Waals surface area contributed by atoms with Crippen LogP contribution in [0.5, 0.6) is 0 Å². The molecular formula is C20H26N4O. The van der Waals surface area contributed by atoms with E-state index >= 15 is 0 Å². The molecule has 0 spiro atoms. The number of carbonyl (C=O) groups is 1. The van der Waals surface area contributed by atoms with Crippen LogP contribution in [0.15, 0.2) is 24.3 Å². The minimum absolute atomic E-state index is 0.118. The van der Waals surface area contributed by atoms with Crippen molar-refractivity contribution in [3.05, 3.63) is 52.3 Å². The van der Waals surface area contributed by atoms with Crippen molar-refractivity contribution in [2.24, 2.45) is 7.05 Å². The zero-order valence-corrected chi connectivity index (χ0v) is 15.2. The number of amides is 1. The number of aromatic nitrogens is 2. The lowest BCUT2D eigenvalue weighted by molar-refractivity contribution is 0.0730. The fourth-order valence-corrected chi connectivity index (χ4v) is 3.99. The standard InChI is InChI=1S/C20H26N4O/c1-15-5-7-16(8-6-15)20(25)24-12-9-17-18(13-23-10-3-4-11-23)21-22(2)19(17)14-24/h5-8H,3-4,9-14H2,1-2H3. The average molecular weight is 338 g/mol. The highest BCUT2D eigenvalue weighted by molar-refractivity contribution is 5.94. The molecule has 1 saturated heterocycles. The summed E-state index contributed by atoms with van der Waals surface area (Å²) < 4.78 is 1.98. The highest BCUT2D eigenvalue weighted by atomic mass is 16.2. The van der Waals surface area contributed by atoms with Gasteiger partial charge in [0, 0.05) is 31.3 Å². The van der Waals surface area contributed by atoms with Crippen molar-refractivity contribution in [2.45, 2.75) is 39.3 Å². The minimum Gasteiger partial charge on any atom is -0.332 e. The number of fused-ring (bicyclic) bond motifs is 1. The third-order valence-corrected chi connectivity index (χ3v) is 5.49. The van der Waals surface area contributed by atoms with E-state index in [0.717, 1.165) is 25.1 Å². The molecule has 2 aliphatic rings. The van der Waals surface area contributed by atoms with Crippen molar-refractivity contribution < 1.29 is 4.79 Å². The second kappa shape index (κ2) is 6.64. The smallest absolute Gasteiger partial charge is 0.254 e. The van der Waals surface area contributed by atoms with Crippen molar-refractivity contribution in [1.82, 2.24) is 19.6 Å². The van der Waals surface area contributed by atoms with Gasteiger partial charge in [0.2, 0.25) is 0 Å². The van der Waals surface area contributed by atoms with Gasteiger partial charge in [-0.1, -0.05) is 17.7 Å². The van der Waals surface area contributed by atoms with Gasteiger partial charge in [0.25, 0.3) is 5.91 Å². The van der Waals surface area contributed by atoms with E-state index in [1.165, 1.54) is 48.4 Å². The molecule has 0 aliphatic carbocycles. The minimum atomic E-state index is 0.118. The number of nitrogens with zero attached hydrogens (tertiary/aromatic N) is 4. The lowest BCUT2D eigenvalue weighted by Gasteiger charge is -2.28. The van der Waals surface area contributed by atoms with E-state index < -0.39 is 0 Å². The van der Waals surface area contributed by atoms with Crippen LogP contribution in [-0.2, 0) is 26.6 Å². The van der Waals surface area contributed by atoms with Crippen LogP contribution in [0.3, 0.4) is 0 Å². The topological polar surface area (TPSA) is 41.4 Å². The van der Waals surface area contributed by atoms with Gasteiger partial charge in [-0.25, -0.2) is 0 Å². The summed E-state index contributed by atoms with van der Waals surface area (Å²) in [5, 5.41) is 4.77. The summed E-state index contributed by atoms with van der Waals surface area (Å²) in [5.74, 6) is 0.118. The quantitative estimate of drug-likeness (QED) is 0.863. The van der Waals surface area contributed by atoms with Gasteiger partial charge in [-0.05, 0) is 51.4 Å². The van der Waals surface area contributed by atoms with Gasteiger partial charge in [-0.15, -0.1) is 0 Å². The van der Waals surface area contributed by atoms with Crippen molar-refractivity contribution in [3.63, 3.8) is 0 Å². The normalized spacial score (nSPS) is 17.8. The number of likely N-dealkylation sites (tertiary alicyclic amines) is 1. The molecule has 5 heteroatoms. The Morgan fingerprint density at radius 2 is 1.84 bits per heavy atom. The van der Waals surface area contributed by atoms with Gasteiger partial charge < -0.3 is 4.90 Å². The van der Waals surface area contributed by atoms with Crippen molar-refractivity contribution >= 4 is 5.91 Å². The maximum atomic E-state index is 12.8. The molecular weight excluding hydrogens is 312 g/mol. The maximum Gasteiger partial charge on any atom is 0.254 e. The molecule has 1 fully saturated rings. The summed E-state index contributed by atoms with van der Waals surface area (Å²) in [7, 11) is 2.01. The van der Waals surface area contributed by atoms with Crippen LogP contribution in [0.4, 0.5) is 0 Å². The van der Waals surface area contributed by atoms with Gasteiger partial charge in [-0.3, -0.25) is 14.4 Å². The highest BCUT2D eigenvalue weighted by Gasteiger charge is 2.28. The molecule has 25 heavy (non-hydrogen) atoms. The summed E-state index contributed by atoms with van der Waals surface area (Å²) in [5.41, 5.74) is 5.72. The fraction of sp³-hybridized carbons (Fsp3) is 0.500. The molecule has 2 aliphatic heterocycles. The third kappa shape index (κ3) is 3.21. The first-order valence-electron chi connectivity index (χ1n) is 9.24. The maximum absolute atomic E-state index is 12.8. The van der Waals surface area contributed by atoms with Crippen LogP contribution in [0.25, 0.3) is 0 Å². The lowest BCUT2D eigenvalue weighted by atomic mass is 10.0. The SMILES string of the molecule is Cc1ccc(C(=O)N2CCc3c(CN4CCCC4)nn(C)c3C2)cc1. The molecule has 0 unspecified atom stereocenters. The van der Waals surface area contributed by atoms with Crippen molar-refractivity contribution in [2.75, 3.05) is 19.6 Å². The van der Waals surface area contributed by atoms with Crippen molar-refractivity contribution in [1.29, 1.82) is 0 Å². The van der Waals surface area contributed by atoms with Crippen molar-refractivity contribution in [3.8, 4) is 0 Å². The lowest BCUT2D eigenvalue weighted by Crippen LogP contribution is -2.36. The Bertz CT molecular complexity index is 772. The molecule has 0 atom stereocenters. The number of hydrogen-bond acceptors (Lipinski definition) is 3. The number of benzene rings is 1. The van der Waals surface area contributed by atoms with E-state index in [1.54, 1.807) is 0 Å². The Balaban J connectivity index is 1.52. The summed E-state index contributed by atoms with van der Waals surface area (Å²) >= 11 is 0. The van der Waals surface area contributed by atoms with Crippen LogP contribution in [0, 0.1) is 6.92 Å². The summed E-state index contributed by atoms with van der Waals surface area (Å²) in [6.07, 6.45) is 3.51. The van der Waals surface area contributed by atoms with E-state index in [4.69, 9.17) is 5.10 Å². The molecule has 4 rings (SSSR count). The predicted octanol–water partition coefficient (Wildman–Crippen LogP) is 2.52. The second-order valence-electron chi connectivity index (χ2n) is 7.32. The van der Waals surface area contributed by atoms with Crippen LogP contribution in [0.1, 0.15) is 45.7 Å². The Kier molecular flexibility index (Phi) is 4.34. The first-order valence-corrected chi connectivity index (χ1v) is 9.24. The van der Waals surface area contributed by atoms with Gasteiger partial charge in [0.1, 0.15) is 0 Å². The summed E-state index contributed by atoms with van der Waals surface area (Å²) in [6.45, 7) is 6.80. The molecule has 0 radical (unpaired) electrons. The summed E-state index contributed by atoms with van der Waals surface area (Å²) in [4.78, 5) is 17.3. The number of aryl methyl sites for hydroxylation is 2. The first-order chi connectivity index (χ1) is 12.1. The van der Waals surface area contributed by atoms with Gasteiger partial charge in [-0.2, -0.15) is 5.10 Å². The van der Waals surface area contributed by atoms with E-state index in [2.05, 4.69) is 4.90 Å². The van der Waals surface area contributed by atoms with Gasteiger partial charge in [0.05, 0.1) is 17.9 Å². The molecule has 0 N–H and O–H groups in total. The highest BCUT2D eigenvalue weighted by Crippen LogP contribution is 2.25. The zero-order chi connectivity index (χ0) is 17.4. The van der Waals surface area contributed by atoms with Gasteiger partial charge >= 0.3 is 0 Å². The first kappa shape index (κ1) is 16.3. The van der Waals surface area contributed by atoms with E-state index in [1.807, 2.05) is 47.8 Å². The molecule has 2 aromatic rings. The van der Waals surface area contributed by atoms with E-state index in [0.29, 0.717) is 6.54 Å². The van der Waals surface area contributed by atoms with E-state index in [-0.39, 0.29) is 5.91 Å². The largest absolute Gasteiger partial charge is 0.332 e. The Morgan fingerprint density at radius 3 is 2.56 bits per heavy atom. The predicted molar refractivity (Wildman–Crippen MR) is 97.3 cm³/mol. The Morgan fingerprint density at radius 1 is 1.12 bits per heavy atom. The third-order valence-electron chi connectivity index (χ3n) is 5.49. The molecule has 0 saturated carbocycles. The number of carbonyl (C=O) groups excluding carboxylic acids is 1. The molecule has 132 valence electrons. The van der Waals surface area contributed by atoms with Crippen LogP contribution >= 0.6 is 0 Å². The monoisotopic (exact) mass is 338 g/mol. The molecule has 3 heterocycles. The average Bonchev–Trinajstić information content (AvgIpc) is 3.24. The van der Waals surface area contributed by atoms with Crippen LogP contribution in [-0.4, -0.2) is 45.1 Å².